The molecule has 5 aromatic rings. The second-order valence-corrected chi connectivity index (χ2v) is 12.7. The number of rotatable bonds is 8. The number of pyridine rings is 2. The van der Waals surface area contributed by atoms with Crippen molar-refractivity contribution in [1.82, 2.24) is 34.2 Å². The molecule has 2 aliphatic heterocycles. The van der Waals surface area contributed by atoms with Crippen LogP contribution in [0.1, 0.15) is 24.1 Å². The predicted molar refractivity (Wildman–Crippen MR) is 197 cm³/mol. The van der Waals surface area contributed by atoms with Gasteiger partial charge in [0.2, 0.25) is 11.8 Å². The molecule has 4 N–H and O–H groups in total. The number of anilines is 2. The summed E-state index contributed by atoms with van der Waals surface area (Å²) in [4.78, 5) is 55.8. The maximum absolute atomic E-state index is 12.7. The number of Topliss-reactive ketones (excluding diaryl/α,β-unsaturated/α-hetero) is 1. The van der Waals surface area contributed by atoms with Crippen molar-refractivity contribution >= 4 is 29.0 Å². The van der Waals surface area contributed by atoms with E-state index < -0.39 is 0 Å². The van der Waals surface area contributed by atoms with Gasteiger partial charge in [0.15, 0.2) is 5.78 Å². The quantitative estimate of drug-likeness (QED) is 0.249. The molecule has 1 saturated heterocycles. The molecule has 1 fully saturated rings. The average Bonchev–Trinajstić information content (AvgIpc) is 3.63. The van der Waals surface area contributed by atoms with Gasteiger partial charge in [-0.1, -0.05) is 60.7 Å². The van der Waals surface area contributed by atoms with Crippen LogP contribution < -0.4 is 11.5 Å². The molecule has 3 aromatic heterocycles. The summed E-state index contributed by atoms with van der Waals surface area (Å²) >= 11 is 0. The number of carbonyl (C=O) groups excluding carboxylic acids is 3. The maximum atomic E-state index is 12.7. The molecule has 0 bridgehead atoms. The normalized spacial score (nSPS) is 14.3. The zero-order valence-corrected chi connectivity index (χ0v) is 28.8. The number of nitrogens with two attached hydrogens (primary N) is 2. The Morgan fingerprint density at radius 1 is 0.667 bits per heavy atom. The largest absolute Gasteiger partial charge is 0.397 e. The second-order valence-electron chi connectivity index (χ2n) is 12.7. The molecule has 5 heterocycles. The van der Waals surface area contributed by atoms with Crippen LogP contribution in [0.15, 0.2) is 97.3 Å². The van der Waals surface area contributed by atoms with Crippen LogP contribution in [0.5, 0.6) is 0 Å². The van der Waals surface area contributed by atoms with Gasteiger partial charge in [-0.05, 0) is 24.3 Å². The van der Waals surface area contributed by atoms with Crippen LogP contribution in [0.4, 0.5) is 11.4 Å². The van der Waals surface area contributed by atoms with Gasteiger partial charge in [-0.15, -0.1) is 0 Å². The van der Waals surface area contributed by atoms with Gasteiger partial charge >= 0.3 is 0 Å². The lowest BCUT2D eigenvalue weighted by Crippen LogP contribution is -2.49. The molecule has 262 valence electrons. The van der Waals surface area contributed by atoms with Crippen molar-refractivity contribution in [2.24, 2.45) is 0 Å². The Kier molecular flexibility index (Phi) is 11.1. The molecule has 0 atom stereocenters. The van der Waals surface area contributed by atoms with Crippen LogP contribution in [0.25, 0.3) is 22.5 Å². The van der Waals surface area contributed by atoms with E-state index >= 15 is 0 Å². The molecule has 7 rings (SSSR count). The Labute approximate surface area is 297 Å². The van der Waals surface area contributed by atoms with Crippen molar-refractivity contribution in [2.75, 3.05) is 50.7 Å². The third kappa shape index (κ3) is 9.03. The zero-order chi connectivity index (χ0) is 35.7. The highest BCUT2D eigenvalue weighted by molar-refractivity contribution is 5.84. The Morgan fingerprint density at radius 3 is 1.78 bits per heavy atom. The number of amides is 2. The summed E-state index contributed by atoms with van der Waals surface area (Å²) in [5.74, 6) is 1.12. The van der Waals surface area contributed by atoms with E-state index in [0.29, 0.717) is 55.5 Å². The summed E-state index contributed by atoms with van der Waals surface area (Å²) < 4.78 is 2.08. The third-order valence-corrected chi connectivity index (χ3v) is 9.16. The standard InChI is InChI=1S/C20H24N4O2.C19H19N5O/c1-15(25)24-11-9-23(10-12-24)14-17(26)13-20-18(21)7-8-19(22-20)16-5-3-2-4-6-16;20-15-6-7-16(14-4-2-1-3-5-14)22-17(15)12-19(25)24-11-10-23-9-8-21-18(23)13-24/h2-8H,9-14,21H2,1H3;1-9H,10-13,20H2. The highest BCUT2D eigenvalue weighted by Gasteiger charge is 2.23. The van der Waals surface area contributed by atoms with Gasteiger partial charge < -0.3 is 25.8 Å². The number of fused-ring (bicyclic) bond motifs is 1. The van der Waals surface area contributed by atoms with Gasteiger partial charge in [-0.3, -0.25) is 29.3 Å². The van der Waals surface area contributed by atoms with E-state index in [9.17, 15) is 14.4 Å². The van der Waals surface area contributed by atoms with Gasteiger partial charge in [-0.2, -0.15) is 0 Å². The molecule has 2 aliphatic rings. The van der Waals surface area contributed by atoms with Crippen molar-refractivity contribution in [2.45, 2.75) is 32.9 Å². The fourth-order valence-corrected chi connectivity index (χ4v) is 6.20. The lowest BCUT2D eigenvalue weighted by Gasteiger charge is -2.33. The van der Waals surface area contributed by atoms with Crippen molar-refractivity contribution in [3.63, 3.8) is 0 Å². The number of hydrogen-bond acceptors (Lipinski definition) is 9. The van der Waals surface area contributed by atoms with E-state index in [-0.39, 0.29) is 30.4 Å². The van der Waals surface area contributed by atoms with Crippen LogP contribution >= 0.6 is 0 Å². The van der Waals surface area contributed by atoms with Crippen LogP contribution in [0.2, 0.25) is 0 Å². The summed E-state index contributed by atoms with van der Waals surface area (Å²) in [6, 6.07) is 27.1. The summed E-state index contributed by atoms with van der Waals surface area (Å²) in [7, 11) is 0. The monoisotopic (exact) mass is 685 g/mol. The topological polar surface area (TPSA) is 157 Å². The van der Waals surface area contributed by atoms with Crippen molar-refractivity contribution in [3.8, 4) is 22.5 Å². The lowest BCUT2D eigenvalue weighted by atomic mass is 10.1. The van der Waals surface area contributed by atoms with Crippen molar-refractivity contribution < 1.29 is 14.4 Å². The van der Waals surface area contributed by atoms with E-state index in [0.717, 1.165) is 48.0 Å². The summed E-state index contributed by atoms with van der Waals surface area (Å²) in [5, 5.41) is 0. The lowest BCUT2D eigenvalue weighted by molar-refractivity contribution is -0.132. The maximum Gasteiger partial charge on any atom is 0.229 e. The number of nitrogens with zero attached hydrogens (tertiary/aromatic N) is 7. The first-order valence-corrected chi connectivity index (χ1v) is 17.1. The van der Waals surface area contributed by atoms with Gasteiger partial charge in [0, 0.05) is 69.7 Å². The minimum Gasteiger partial charge on any atom is -0.397 e. The highest BCUT2D eigenvalue weighted by Crippen LogP contribution is 2.22. The first-order chi connectivity index (χ1) is 24.7. The number of carbonyl (C=O) groups is 3. The first kappa shape index (κ1) is 35.0. The Hall–Kier alpha value is -5.88. The van der Waals surface area contributed by atoms with Gasteiger partial charge in [0.1, 0.15) is 5.82 Å². The summed E-state index contributed by atoms with van der Waals surface area (Å²) in [5.41, 5.74) is 18.1. The van der Waals surface area contributed by atoms with E-state index in [1.54, 1.807) is 13.1 Å². The Bertz CT molecular complexity index is 1970. The molecule has 0 aliphatic carbocycles. The molecule has 2 amide bonds. The number of piperazine rings is 1. The molecule has 0 unspecified atom stereocenters. The molecule has 0 spiro atoms. The fraction of sp³-hybridized carbons (Fsp3) is 0.282. The number of ketones is 1. The van der Waals surface area contributed by atoms with Crippen molar-refractivity contribution in [1.29, 1.82) is 0 Å². The molecule has 0 saturated carbocycles. The molecule has 12 heteroatoms. The number of nitrogen functional groups attached to an aromatic ring is 2. The highest BCUT2D eigenvalue weighted by atomic mass is 16.2. The second kappa shape index (κ2) is 16.2. The minimum absolute atomic E-state index is 0.0265. The summed E-state index contributed by atoms with van der Waals surface area (Å²) in [6.45, 7) is 6.71. The SMILES string of the molecule is CC(=O)N1CCN(CC(=O)Cc2nc(-c3ccccc3)ccc2N)CC1.Nc1ccc(-c2ccccc2)nc1CC(=O)N1CCn2ccnc2C1. The number of aromatic nitrogens is 4. The Balaban J connectivity index is 0.000000176. The average molecular weight is 686 g/mol. The first-order valence-electron chi connectivity index (χ1n) is 17.1. The zero-order valence-electron chi connectivity index (χ0n) is 28.8. The van der Waals surface area contributed by atoms with Gasteiger partial charge in [0.05, 0.1) is 60.1 Å². The molecule has 2 aromatic carbocycles. The van der Waals surface area contributed by atoms with E-state index in [1.807, 2.05) is 101 Å². The van der Waals surface area contributed by atoms with E-state index in [4.69, 9.17) is 11.5 Å². The minimum atomic E-state index is 0.0265. The van der Waals surface area contributed by atoms with E-state index in [2.05, 4.69) is 24.4 Å². The molecule has 0 radical (unpaired) electrons. The molecule has 51 heavy (non-hydrogen) atoms. The summed E-state index contributed by atoms with van der Waals surface area (Å²) in [6.07, 6.45) is 4.14. The van der Waals surface area contributed by atoms with Gasteiger partial charge in [-0.25, -0.2) is 4.98 Å². The van der Waals surface area contributed by atoms with E-state index in [1.165, 1.54) is 0 Å². The van der Waals surface area contributed by atoms with Crippen molar-refractivity contribution in [3.05, 3.63) is 115 Å². The third-order valence-electron chi connectivity index (χ3n) is 9.16. The van der Waals surface area contributed by atoms with Crippen LogP contribution in [-0.2, 0) is 40.3 Å². The van der Waals surface area contributed by atoms with Crippen LogP contribution in [0, 0.1) is 0 Å². The number of benzene rings is 2. The Morgan fingerprint density at radius 2 is 1.22 bits per heavy atom. The van der Waals surface area contributed by atoms with Crippen LogP contribution in [-0.4, -0.2) is 91.1 Å². The number of imidazole rings is 1. The van der Waals surface area contributed by atoms with Crippen LogP contribution in [0.3, 0.4) is 0 Å². The number of hydrogen-bond donors (Lipinski definition) is 2. The molecule has 12 nitrogen and oxygen atoms in total. The fourth-order valence-electron chi connectivity index (χ4n) is 6.20. The van der Waals surface area contributed by atoms with Gasteiger partial charge in [0.25, 0.3) is 0 Å². The smallest absolute Gasteiger partial charge is 0.229 e. The molecular weight excluding hydrogens is 642 g/mol. The molecular formula is C39H43N9O3. The predicted octanol–water partition coefficient (Wildman–Crippen LogP) is 3.72.